The summed E-state index contributed by atoms with van der Waals surface area (Å²) in [5, 5.41) is 7.63. The predicted molar refractivity (Wildman–Crippen MR) is 122 cm³/mol. The van der Waals surface area contributed by atoms with Crippen LogP contribution in [0.4, 0.5) is 5.82 Å². The minimum absolute atomic E-state index is 0.0262. The highest BCUT2D eigenvalue weighted by molar-refractivity contribution is 9.10. The maximum atomic E-state index is 12.9. The third-order valence-corrected chi connectivity index (χ3v) is 5.78. The molecule has 30 heavy (non-hydrogen) atoms. The molecule has 1 atom stereocenters. The minimum Gasteiger partial charge on any atom is -0.481 e. The van der Waals surface area contributed by atoms with Crippen molar-refractivity contribution in [1.82, 2.24) is 15.1 Å². The van der Waals surface area contributed by atoms with E-state index < -0.39 is 6.10 Å². The molecule has 3 aromatic rings. The summed E-state index contributed by atoms with van der Waals surface area (Å²) in [4.78, 5) is 17.0. The fraction of sp³-hybridized carbons (Fsp3) is 0.304. The average Bonchev–Trinajstić information content (AvgIpc) is 3.12. The smallest absolute Gasteiger partial charge is 0.263 e. The number of nitrogens with zero attached hydrogens (tertiary/aromatic N) is 3. The lowest BCUT2D eigenvalue weighted by Gasteiger charge is -2.25. The number of halogens is 1. The van der Waals surface area contributed by atoms with E-state index in [0.29, 0.717) is 12.3 Å². The molecule has 1 N–H and O–H groups in total. The number of ether oxygens (including phenoxy) is 1. The van der Waals surface area contributed by atoms with Crippen LogP contribution in [0.15, 0.2) is 65.1 Å². The van der Waals surface area contributed by atoms with Crippen molar-refractivity contribution in [2.75, 3.05) is 31.1 Å². The summed E-state index contributed by atoms with van der Waals surface area (Å²) < 4.78 is 6.87. The summed E-state index contributed by atoms with van der Waals surface area (Å²) in [5.74, 6) is 1.65. The molecule has 0 aliphatic carbocycles. The van der Waals surface area contributed by atoms with Crippen molar-refractivity contribution in [1.29, 1.82) is 0 Å². The quantitative estimate of drug-likeness (QED) is 0.604. The highest BCUT2D eigenvalue weighted by Crippen LogP contribution is 2.24. The summed E-state index contributed by atoms with van der Waals surface area (Å²) in [7, 11) is 0. The number of carbonyl (C=O) groups is 1. The van der Waals surface area contributed by atoms with Crippen LogP contribution >= 0.6 is 15.9 Å². The summed E-state index contributed by atoms with van der Waals surface area (Å²) in [6.45, 7) is 4.80. The van der Waals surface area contributed by atoms with Crippen molar-refractivity contribution >= 4 is 27.7 Å². The second-order valence-electron chi connectivity index (χ2n) is 7.39. The van der Waals surface area contributed by atoms with E-state index in [1.807, 2.05) is 54.3 Å². The first-order valence-electron chi connectivity index (χ1n) is 10.2. The Hall–Kier alpha value is -2.80. The minimum atomic E-state index is -0.506. The van der Waals surface area contributed by atoms with E-state index >= 15 is 0 Å². The lowest BCUT2D eigenvalue weighted by molar-refractivity contribution is -0.137. The molecule has 0 unspecified atom stereocenters. The number of nitrogens with one attached hydrogen (secondary N) is 1. The number of hydrogen-bond donors (Lipinski definition) is 1. The Morgan fingerprint density at radius 2 is 1.83 bits per heavy atom. The number of anilines is 1. The van der Waals surface area contributed by atoms with Gasteiger partial charge in [-0.3, -0.25) is 9.89 Å². The second kappa shape index (κ2) is 9.34. The molecule has 4 rings (SSSR count). The van der Waals surface area contributed by atoms with Crippen molar-refractivity contribution in [3.05, 3.63) is 65.1 Å². The molecule has 1 aliphatic heterocycles. The van der Waals surface area contributed by atoms with Crippen LogP contribution in [0.5, 0.6) is 5.75 Å². The molecule has 7 heteroatoms. The van der Waals surface area contributed by atoms with Gasteiger partial charge in [-0.25, -0.2) is 0 Å². The van der Waals surface area contributed by atoms with Gasteiger partial charge in [0.15, 0.2) is 11.9 Å². The maximum Gasteiger partial charge on any atom is 0.263 e. The summed E-state index contributed by atoms with van der Waals surface area (Å²) in [6, 6.07) is 19.7. The van der Waals surface area contributed by atoms with E-state index in [9.17, 15) is 4.79 Å². The van der Waals surface area contributed by atoms with E-state index in [1.54, 1.807) is 0 Å². The lowest BCUT2D eigenvalue weighted by atomic mass is 10.1. The van der Waals surface area contributed by atoms with Crippen LogP contribution in [0.3, 0.4) is 0 Å². The Morgan fingerprint density at radius 3 is 2.60 bits per heavy atom. The zero-order valence-electron chi connectivity index (χ0n) is 16.9. The van der Waals surface area contributed by atoms with Crippen molar-refractivity contribution in [2.24, 2.45) is 0 Å². The number of H-pyrrole nitrogens is 1. The standard InChI is InChI=1S/C23H25BrN4O2/c1-17(30-20-6-3-2-4-7-20)23(29)28-13-5-12-27(14-15-28)22-16-21(25-26-22)18-8-10-19(24)11-9-18/h2-4,6-11,16-17H,5,12-15H2,1H3,(H,25,26)/t17-/m0/s1. The van der Waals surface area contributed by atoms with Gasteiger partial charge < -0.3 is 14.5 Å². The molecule has 1 aliphatic rings. The number of benzene rings is 2. The van der Waals surface area contributed by atoms with Gasteiger partial charge >= 0.3 is 0 Å². The molecule has 156 valence electrons. The lowest BCUT2D eigenvalue weighted by Crippen LogP contribution is -2.42. The zero-order chi connectivity index (χ0) is 20.9. The number of aromatic nitrogens is 2. The molecular formula is C23H25BrN4O2. The Balaban J connectivity index is 1.37. The SMILES string of the molecule is C[C@H](Oc1ccccc1)C(=O)N1CCCN(c2cc(-c3ccc(Br)cc3)[nH]n2)CC1. The van der Waals surface area contributed by atoms with Crippen LogP contribution in [0.25, 0.3) is 11.3 Å². The van der Waals surface area contributed by atoms with E-state index in [-0.39, 0.29) is 5.91 Å². The van der Waals surface area contributed by atoms with Gasteiger partial charge in [-0.05, 0) is 43.2 Å². The Labute approximate surface area is 185 Å². The number of para-hydroxylation sites is 1. The van der Waals surface area contributed by atoms with E-state index in [1.165, 1.54) is 0 Å². The van der Waals surface area contributed by atoms with Gasteiger partial charge in [-0.15, -0.1) is 0 Å². The van der Waals surface area contributed by atoms with E-state index in [4.69, 9.17) is 4.74 Å². The number of amides is 1. The first-order valence-corrected chi connectivity index (χ1v) is 11.0. The molecule has 2 aromatic carbocycles. The Bertz CT molecular complexity index is 974. The second-order valence-corrected chi connectivity index (χ2v) is 8.30. The number of carbonyl (C=O) groups excluding carboxylic acids is 1. The largest absolute Gasteiger partial charge is 0.481 e. The highest BCUT2D eigenvalue weighted by atomic mass is 79.9. The zero-order valence-corrected chi connectivity index (χ0v) is 18.5. The fourth-order valence-electron chi connectivity index (χ4n) is 3.63. The molecule has 0 saturated carbocycles. The molecule has 0 radical (unpaired) electrons. The van der Waals surface area contributed by atoms with Crippen molar-refractivity contribution in [2.45, 2.75) is 19.4 Å². The van der Waals surface area contributed by atoms with Gasteiger partial charge in [0, 0.05) is 36.7 Å². The maximum absolute atomic E-state index is 12.9. The highest BCUT2D eigenvalue weighted by Gasteiger charge is 2.25. The number of hydrogen-bond acceptors (Lipinski definition) is 4. The van der Waals surface area contributed by atoms with E-state index in [0.717, 1.165) is 47.6 Å². The molecule has 2 heterocycles. The van der Waals surface area contributed by atoms with Crippen LogP contribution in [0.2, 0.25) is 0 Å². The molecule has 1 amide bonds. The molecule has 1 aromatic heterocycles. The predicted octanol–water partition coefficient (Wildman–Crippen LogP) is 4.35. The van der Waals surface area contributed by atoms with Gasteiger partial charge in [0.1, 0.15) is 5.75 Å². The van der Waals surface area contributed by atoms with Crippen molar-refractivity contribution in [3.8, 4) is 17.0 Å². The Kier molecular flexibility index (Phi) is 6.38. The van der Waals surface area contributed by atoms with Gasteiger partial charge in [0.2, 0.25) is 0 Å². The summed E-state index contributed by atoms with van der Waals surface area (Å²) in [5.41, 5.74) is 2.08. The Morgan fingerprint density at radius 1 is 1.07 bits per heavy atom. The first kappa shape index (κ1) is 20.5. The molecular weight excluding hydrogens is 444 g/mol. The van der Waals surface area contributed by atoms with Crippen molar-refractivity contribution < 1.29 is 9.53 Å². The molecule has 1 fully saturated rings. The number of aromatic amines is 1. The van der Waals surface area contributed by atoms with Crippen molar-refractivity contribution in [3.63, 3.8) is 0 Å². The first-order chi connectivity index (χ1) is 14.6. The molecule has 0 spiro atoms. The van der Waals surface area contributed by atoms with Gasteiger partial charge in [-0.2, -0.15) is 5.10 Å². The summed E-state index contributed by atoms with van der Waals surface area (Å²) >= 11 is 3.46. The average molecular weight is 469 g/mol. The fourth-order valence-corrected chi connectivity index (χ4v) is 3.89. The normalized spacial score (nSPS) is 15.5. The van der Waals surface area contributed by atoms with E-state index in [2.05, 4.69) is 49.2 Å². The summed E-state index contributed by atoms with van der Waals surface area (Å²) in [6.07, 6.45) is 0.387. The van der Waals surface area contributed by atoms with Crippen LogP contribution in [0, 0.1) is 0 Å². The third-order valence-electron chi connectivity index (χ3n) is 5.25. The van der Waals surface area contributed by atoms with Gasteiger partial charge in [0.25, 0.3) is 5.91 Å². The molecule has 6 nitrogen and oxygen atoms in total. The van der Waals surface area contributed by atoms with Gasteiger partial charge in [0.05, 0.1) is 5.69 Å². The van der Waals surface area contributed by atoms with Crippen LogP contribution in [0.1, 0.15) is 13.3 Å². The van der Waals surface area contributed by atoms with Crippen LogP contribution in [-0.2, 0) is 4.79 Å². The van der Waals surface area contributed by atoms with Crippen LogP contribution in [-0.4, -0.2) is 53.3 Å². The molecule has 0 bridgehead atoms. The molecule has 1 saturated heterocycles. The topological polar surface area (TPSA) is 61.5 Å². The van der Waals surface area contributed by atoms with Crippen LogP contribution < -0.4 is 9.64 Å². The third kappa shape index (κ3) is 4.84. The van der Waals surface area contributed by atoms with Gasteiger partial charge in [-0.1, -0.05) is 46.3 Å². The number of rotatable bonds is 5. The monoisotopic (exact) mass is 468 g/mol.